The summed E-state index contributed by atoms with van der Waals surface area (Å²) in [5.41, 5.74) is 2.58. The molecule has 2 N–H and O–H groups in total. The third-order valence-corrected chi connectivity index (χ3v) is 5.05. The van der Waals surface area contributed by atoms with Crippen LogP contribution in [0, 0.1) is 0 Å². The van der Waals surface area contributed by atoms with Crippen LogP contribution in [0.5, 0.6) is 0 Å². The third-order valence-electron chi connectivity index (χ3n) is 4.59. The van der Waals surface area contributed by atoms with Crippen molar-refractivity contribution in [3.8, 4) is 0 Å². The molecular weight excluding hydrogens is 366 g/mol. The highest BCUT2D eigenvalue weighted by molar-refractivity contribution is 7.80. The second-order valence-electron chi connectivity index (χ2n) is 6.50. The van der Waals surface area contributed by atoms with Gasteiger partial charge in [0.15, 0.2) is 5.11 Å². The van der Waals surface area contributed by atoms with Crippen molar-refractivity contribution < 1.29 is 4.79 Å². The number of amides is 1. The maximum absolute atomic E-state index is 12.2. The molecule has 0 aliphatic carbocycles. The zero-order valence-corrected chi connectivity index (χ0v) is 16.2. The summed E-state index contributed by atoms with van der Waals surface area (Å²) in [6.07, 6.45) is 3.78. The number of nitrogens with one attached hydrogen (secondary N) is 2. The van der Waals surface area contributed by atoms with Crippen LogP contribution in [0.1, 0.15) is 36.5 Å². The van der Waals surface area contributed by atoms with E-state index in [0.29, 0.717) is 16.6 Å². The van der Waals surface area contributed by atoms with E-state index in [0.717, 1.165) is 12.2 Å². The number of thiocarbonyl (C=S) groups is 1. The number of piperidine rings is 1. The first-order chi connectivity index (χ1) is 12.5. The van der Waals surface area contributed by atoms with Gasteiger partial charge in [-0.25, -0.2) is 0 Å². The molecule has 4 nitrogen and oxygen atoms in total. The van der Waals surface area contributed by atoms with Crippen LogP contribution < -0.4 is 15.5 Å². The summed E-state index contributed by atoms with van der Waals surface area (Å²) in [5.74, 6) is -0.266. The highest BCUT2D eigenvalue weighted by Crippen LogP contribution is 2.25. The first-order valence-electron chi connectivity index (χ1n) is 8.77. The number of carbonyl (C=O) groups excluding carboxylic acids is 1. The molecule has 0 saturated carbocycles. The molecule has 0 radical (unpaired) electrons. The van der Waals surface area contributed by atoms with Gasteiger partial charge in [-0.15, -0.1) is 0 Å². The lowest BCUT2D eigenvalue weighted by Crippen LogP contribution is -2.37. The molecule has 3 rings (SSSR count). The Morgan fingerprint density at radius 1 is 1.12 bits per heavy atom. The molecule has 1 amide bonds. The normalized spacial score (nSPS) is 16.8. The average Bonchev–Trinajstić information content (AvgIpc) is 2.63. The minimum atomic E-state index is -0.266. The summed E-state index contributed by atoms with van der Waals surface area (Å²) in [4.78, 5) is 14.6. The van der Waals surface area contributed by atoms with Crippen molar-refractivity contribution in [2.24, 2.45) is 0 Å². The van der Waals surface area contributed by atoms with Crippen molar-refractivity contribution in [1.82, 2.24) is 5.32 Å². The van der Waals surface area contributed by atoms with Crippen LogP contribution in [0.15, 0.2) is 48.5 Å². The largest absolute Gasteiger partial charge is 0.369 e. The minimum Gasteiger partial charge on any atom is -0.369 e. The maximum atomic E-state index is 12.2. The maximum Gasteiger partial charge on any atom is 0.257 e. The lowest BCUT2D eigenvalue weighted by atomic mass is 10.0. The van der Waals surface area contributed by atoms with E-state index in [1.165, 1.54) is 24.9 Å². The van der Waals surface area contributed by atoms with Crippen LogP contribution >= 0.6 is 23.8 Å². The molecule has 1 aliphatic heterocycles. The Morgan fingerprint density at radius 2 is 1.81 bits per heavy atom. The number of hydrogen-bond donors (Lipinski definition) is 2. The van der Waals surface area contributed by atoms with Gasteiger partial charge in [-0.2, -0.15) is 0 Å². The van der Waals surface area contributed by atoms with Crippen LogP contribution in [0.4, 0.5) is 11.4 Å². The van der Waals surface area contributed by atoms with Gasteiger partial charge in [0.25, 0.3) is 5.91 Å². The van der Waals surface area contributed by atoms with Gasteiger partial charge in [-0.3, -0.25) is 10.1 Å². The highest BCUT2D eigenvalue weighted by atomic mass is 35.5. The van der Waals surface area contributed by atoms with Crippen LogP contribution in [0.25, 0.3) is 0 Å². The van der Waals surface area contributed by atoms with E-state index in [-0.39, 0.29) is 11.0 Å². The molecule has 0 spiro atoms. The van der Waals surface area contributed by atoms with E-state index in [1.54, 1.807) is 24.3 Å². The molecule has 2 aromatic carbocycles. The average molecular weight is 388 g/mol. The fraction of sp³-hybridized carbons (Fsp3) is 0.300. The zero-order valence-electron chi connectivity index (χ0n) is 14.7. The fourth-order valence-corrected chi connectivity index (χ4v) is 3.49. The van der Waals surface area contributed by atoms with Crippen molar-refractivity contribution in [3.05, 3.63) is 59.1 Å². The smallest absolute Gasteiger partial charge is 0.257 e. The highest BCUT2D eigenvalue weighted by Gasteiger charge is 2.18. The number of benzene rings is 2. The Morgan fingerprint density at radius 3 is 2.46 bits per heavy atom. The van der Waals surface area contributed by atoms with E-state index >= 15 is 0 Å². The van der Waals surface area contributed by atoms with Gasteiger partial charge in [0.2, 0.25) is 0 Å². The number of hydrogen-bond acceptors (Lipinski definition) is 3. The molecule has 2 aromatic rings. The summed E-state index contributed by atoms with van der Waals surface area (Å²) < 4.78 is 0. The number of nitrogens with zero attached hydrogens (tertiary/aromatic N) is 1. The van der Waals surface area contributed by atoms with Gasteiger partial charge in [-0.05, 0) is 86.9 Å². The number of anilines is 2. The van der Waals surface area contributed by atoms with Crippen molar-refractivity contribution >= 4 is 46.2 Å². The SMILES string of the molecule is C[C@@H]1CCCCN1c1ccc(NC(=S)NC(=O)c2ccc(Cl)cc2)cc1. The van der Waals surface area contributed by atoms with Gasteiger partial charge in [0, 0.05) is 34.5 Å². The van der Waals surface area contributed by atoms with E-state index in [4.69, 9.17) is 23.8 Å². The van der Waals surface area contributed by atoms with Gasteiger partial charge in [0.1, 0.15) is 0 Å². The van der Waals surface area contributed by atoms with Crippen molar-refractivity contribution in [1.29, 1.82) is 0 Å². The number of halogens is 1. The molecule has 6 heteroatoms. The van der Waals surface area contributed by atoms with Crippen LogP contribution in [0.2, 0.25) is 5.02 Å². The van der Waals surface area contributed by atoms with Crippen molar-refractivity contribution in [2.75, 3.05) is 16.8 Å². The van der Waals surface area contributed by atoms with Crippen LogP contribution in [-0.4, -0.2) is 23.6 Å². The fourth-order valence-electron chi connectivity index (χ4n) is 3.16. The molecule has 1 heterocycles. The van der Waals surface area contributed by atoms with Gasteiger partial charge in [0.05, 0.1) is 0 Å². The molecule has 136 valence electrons. The zero-order chi connectivity index (χ0) is 18.5. The van der Waals surface area contributed by atoms with Crippen molar-refractivity contribution in [3.63, 3.8) is 0 Å². The molecule has 26 heavy (non-hydrogen) atoms. The molecule has 1 aliphatic rings. The Bertz CT molecular complexity index is 777. The van der Waals surface area contributed by atoms with Gasteiger partial charge < -0.3 is 10.2 Å². The Labute approximate surface area is 164 Å². The molecule has 1 fully saturated rings. The first-order valence-corrected chi connectivity index (χ1v) is 9.56. The number of rotatable bonds is 3. The summed E-state index contributed by atoms with van der Waals surface area (Å²) in [6.45, 7) is 3.37. The van der Waals surface area contributed by atoms with E-state index in [9.17, 15) is 4.79 Å². The van der Waals surface area contributed by atoms with Gasteiger partial charge >= 0.3 is 0 Å². The predicted octanol–water partition coefficient (Wildman–Crippen LogP) is 4.85. The summed E-state index contributed by atoms with van der Waals surface area (Å²) in [7, 11) is 0. The minimum absolute atomic E-state index is 0.266. The molecule has 1 saturated heterocycles. The second kappa shape index (κ2) is 8.52. The molecule has 0 bridgehead atoms. The summed E-state index contributed by atoms with van der Waals surface area (Å²) in [6, 6.07) is 15.4. The standard InChI is InChI=1S/C20H22ClN3OS/c1-14-4-2-3-13-24(14)18-11-9-17(10-12-18)22-20(26)23-19(25)15-5-7-16(21)8-6-15/h5-12,14H,2-4,13H2,1H3,(H2,22,23,25,26)/t14-/m1/s1. The van der Waals surface area contributed by atoms with E-state index < -0.39 is 0 Å². The van der Waals surface area contributed by atoms with Crippen LogP contribution in [0.3, 0.4) is 0 Å². The molecule has 1 atom stereocenters. The summed E-state index contributed by atoms with van der Waals surface area (Å²) in [5, 5.41) is 6.58. The quantitative estimate of drug-likeness (QED) is 0.739. The predicted molar refractivity (Wildman–Crippen MR) is 112 cm³/mol. The monoisotopic (exact) mass is 387 g/mol. The van der Waals surface area contributed by atoms with E-state index in [1.807, 2.05) is 12.1 Å². The van der Waals surface area contributed by atoms with Crippen molar-refractivity contribution in [2.45, 2.75) is 32.2 Å². The lowest BCUT2D eigenvalue weighted by molar-refractivity contribution is 0.0978. The van der Waals surface area contributed by atoms with Crippen LogP contribution in [-0.2, 0) is 0 Å². The summed E-state index contributed by atoms with van der Waals surface area (Å²) >= 11 is 11.1. The third kappa shape index (κ3) is 4.74. The number of carbonyl (C=O) groups is 1. The Hall–Kier alpha value is -2.11. The van der Waals surface area contributed by atoms with Gasteiger partial charge in [-0.1, -0.05) is 11.6 Å². The lowest BCUT2D eigenvalue weighted by Gasteiger charge is -2.35. The Kier molecular flexibility index (Phi) is 6.12. The molecule has 0 unspecified atom stereocenters. The topological polar surface area (TPSA) is 44.4 Å². The van der Waals surface area contributed by atoms with E-state index in [2.05, 4.69) is 34.6 Å². The Balaban J connectivity index is 1.57. The first kappa shape index (κ1) is 18.7. The molecule has 0 aromatic heterocycles. The second-order valence-corrected chi connectivity index (χ2v) is 7.34. The molecular formula is C20H22ClN3OS.